The van der Waals surface area contributed by atoms with E-state index in [9.17, 15) is 9.59 Å². The monoisotopic (exact) mass is 380 g/mol. The molecule has 1 aromatic carbocycles. The Kier molecular flexibility index (Phi) is 8.90. The molecule has 2 rings (SSSR count). The van der Waals surface area contributed by atoms with Crippen LogP contribution in [0.15, 0.2) is 24.3 Å². The highest BCUT2D eigenvalue weighted by Crippen LogP contribution is 2.11. The number of morpholine rings is 1. The molecular weight excluding hydrogens is 352 g/mol. The van der Waals surface area contributed by atoms with Crippen molar-refractivity contribution in [3.05, 3.63) is 29.8 Å². The number of benzene rings is 1. The number of nitrogens with two attached hydrogens (primary N) is 1. The minimum Gasteiger partial charge on any atom is -0.379 e. The highest BCUT2D eigenvalue weighted by Gasteiger charge is 2.14. The summed E-state index contributed by atoms with van der Waals surface area (Å²) in [4.78, 5) is 26.4. The van der Waals surface area contributed by atoms with Crippen molar-refractivity contribution in [3.8, 4) is 0 Å². The fourth-order valence-corrected chi connectivity index (χ4v) is 3.06. The van der Waals surface area contributed by atoms with Crippen LogP contribution in [0.4, 0.5) is 5.69 Å². The molecule has 26 heavy (non-hydrogen) atoms. The molecule has 4 N–H and O–H groups in total. The first kappa shape index (κ1) is 20.7. The number of thioether (sulfide) groups is 1. The van der Waals surface area contributed by atoms with E-state index < -0.39 is 6.04 Å². The highest BCUT2D eigenvalue weighted by atomic mass is 32.2. The van der Waals surface area contributed by atoms with Crippen LogP contribution in [0.3, 0.4) is 0 Å². The van der Waals surface area contributed by atoms with Crippen molar-refractivity contribution in [3.63, 3.8) is 0 Å². The number of nitrogens with zero attached hydrogens (tertiary/aromatic N) is 1. The highest BCUT2D eigenvalue weighted by molar-refractivity contribution is 7.98. The first-order chi connectivity index (χ1) is 12.6. The summed E-state index contributed by atoms with van der Waals surface area (Å²) in [7, 11) is 0. The van der Waals surface area contributed by atoms with Gasteiger partial charge in [0.15, 0.2) is 0 Å². The van der Waals surface area contributed by atoms with E-state index in [1.807, 2.05) is 6.26 Å². The predicted octanol–water partition coefficient (Wildman–Crippen LogP) is 0.768. The van der Waals surface area contributed by atoms with Crippen molar-refractivity contribution in [1.82, 2.24) is 10.2 Å². The maximum atomic E-state index is 12.2. The molecule has 0 bridgehead atoms. The fraction of sp³-hybridized carbons (Fsp3) is 0.556. The number of ether oxygens (including phenoxy) is 1. The molecule has 1 aromatic rings. The average molecular weight is 381 g/mol. The molecule has 7 nitrogen and oxygen atoms in total. The number of hydrogen-bond donors (Lipinski definition) is 3. The molecule has 1 aliphatic heterocycles. The summed E-state index contributed by atoms with van der Waals surface area (Å²) < 4.78 is 5.30. The number of anilines is 1. The minimum atomic E-state index is -0.523. The van der Waals surface area contributed by atoms with Crippen molar-refractivity contribution >= 4 is 29.3 Å². The SMILES string of the molecule is CSCC[C@H](N)C(=O)Nc1ccc(C(=O)NCCN2CCOCC2)cc1. The van der Waals surface area contributed by atoms with Crippen LogP contribution in [0.25, 0.3) is 0 Å². The van der Waals surface area contributed by atoms with Crippen LogP contribution < -0.4 is 16.4 Å². The van der Waals surface area contributed by atoms with E-state index in [0.717, 1.165) is 38.6 Å². The molecular formula is C18H28N4O3S. The van der Waals surface area contributed by atoms with Gasteiger partial charge in [0, 0.05) is 37.4 Å². The summed E-state index contributed by atoms with van der Waals surface area (Å²) in [5, 5.41) is 5.70. The molecule has 1 aliphatic rings. The summed E-state index contributed by atoms with van der Waals surface area (Å²) in [6.07, 6.45) is 2.62. The smallest absolute Gasteiger partial charge is 0.251 e. The predicted molar refractivity (Wildman–Crippen MR) is 106 cm³/mol. The minimum absolute atomic E-state index is 0.118. The lowest BCUT2D eigenvalue weighted by Gasteiger charge is -2.26. The second kappa shape index (κ2) is 11.2. The van der Waals surface area contributed by atoms with Crippen LogP contribution in [-0.4, -0.2) is 74.2 Å². The zero-order valence-corrected chi connectivity index (χ0v) is 16.0. The van der Waals surface area contributed by atoms with Gasteiger partial charge in [-0.2, -0.15) is 11.8 Å². The van der Waals surface area contributed by atoms with Gasteiger partial charge < -0.3 is 21.1 Å². The van der Waals surface area contributed by atoms with Gasteiger partial charge in [-0.15, -0.1) is 0 Å². The lowest BCUT2D eigenvalue weighted by atomic mass is 10.1. The number of carbonyl (C=O) groups excluding carboxylic acids is 2. The van der Waals surface area contributed by atoms with E-state index in [0.29, 0.717) is 24.2 Å². The molecule has 144 valence electrons. The van der Waals surface area contributed by atoms with Gasteiger partial charge in [-0.05, 0) is 42.7 Å². The van der Waals surface area contributed by atoms with Crippen LogP contribution in [-0.2, 0) is 9.53 Å². The zero-order valence-electron chi connectivity index (χ0n) is 15.2. The first-order valence-electron chi connectivity index (χ1n) is 8.84. The van der Waals surface area contributed by atoms with Crippen LogP contribution >= 0.6 is 11.8 Å². The summed E-state index contributed by atoms with van der Waals surface area (Å²) in [6, 6.07) is 6.32. The number of rotatable bonds is 9. The van der Waals surface area contributed by atoms with E-state index in [2.05, 4.69) is 15.5 Å². The van der Waals surface area contributed by atoms with Crippen LogP contribution in [0.1, 0.15) is 16.8 Å². The van der Waals surface area contributed by atoms with E-state index in [1.54, 1.807) is 36.0 Å². The first-order valence-corrected chi connectivity index (χ1v) is 10.2. The molecule has 0 radical (unpaired) electrons. The quantitative estimate of drug-likeness (QED) is 0.586. The third-order valence-electron chi connectivity index (χ3n) is 4.20. The van der Waals surface area contributed by atoms with Gasteiger partial charge in [-0.25, -0.2) is 0 Å². The molecule has 0 aromatic heterocycles. The number of carbonyl (C=O) groups is 2. The van der Waals surface area contributed by atoms with Gasteiger partial charge in [-0.3, -0.25) is 14.5 Å². The van der Waals surface area contributed by atoms with E-state index >= 15 is 0 Å². The summed E-state index contributed by atoms with van der Waals surface area (Å²) >= 11 is 1.66. The van der Waals surface area contributed by atoms with E-state index in [-0.39, 0.29) is 11.8 Å². The Morgan fingerprint density at radius 2 is 1.96 bits per heavy atom. The Labute approximate surface area is 159 Å². The third kappa shape index (κ3) is 6.95. The summed E-state index contributed by atoms with van der Waals surface area (Å²) in [6.45, 7) is 4.73. The van der Waals surface area contributed by atoms with E-state index in [1.165, 1.54) is 0 Å². The van der Waals surface area contributed by atoms with Crippen LogP contribution in [0.2, 0.25) is 0 Å². The van der Waals surface area contributed by atoms with Gasteiger partial charge in [-0.1, -0.05) is 0 Å². The summed E-state index contributed by atoms with van der Waals surface area (Å²) in [5.74, 6) is 0.521. The Morgan fingerprint density at radius 3 is 2.62 bits per heavy atom. The molecule has 0 aliphatic carbocycles. The van der Waals surface area contributed by atoms with Crippen molar-refractivity contribution in [2.24, 2.45) is 5.73 Å². The normalized spacial score (nSPS) is 16.1. The van der Waals surface area contributed by atoms with E-state index in [4.69, 9.17) is 10.5 Å². The van der Waals surface area contributed by atoms with Gasteiger partial charge in [0.25, 0.3) is 5.91 Å². The Morgan fingerprint density at radius 1 is 1.27 bits per heavy atom. The zero-order chi connectivity index (χ0) is 18.8. The molecule has 2 amide bonds. The molecule has 0 spiro atoms. The topological polar surface area (TPSA) is 96.7 Å². The number of amides is 2. The maximum Gasteiger partial charge on any atom is 0.251 e. The number of hydrogen-bond acceptors (Lipinski definition) is 6. The lowest BCUT2D eigenvalue weighted by molar-refractivity contribution is -0.117. The van der Waals surface area contributed by atoms with Crippen molar-refractivity contribution in [1.29, 1.82) is 0 Å². The van der Waals surface area contributed by atoms with Crippen molar-refractivity contribution in [2.75, 3.05) is 56.7 Å². The molecule has 0 unspecified atom stereocenters. The molecule has 1 atom stereocenters. The molecule has 0 saturated carbocycles. The third-order valence-corrected chi connectivity index (χ3v) is 4.85. The molecule has 1 heterocycles. The van der Waals surface area contributed by atoms with Crippen LogP contribution in [0.5, 0.6) is 0 Å². The van der Waals surface area contributed by atoms with Crippen molar-refractivity contribution < 1.29 is 14.3 Å². The Balaban J connectivity index is 1.74. The molecule has 1 fully saturated rings. The maximum absolute atomic E-state index is 12.2. The summed E-state index contributed by atoms with van der Waals surface area (Å²) in [5.41, 5.74) is 7.05. The molecule has 8 heteroatoms. The van der Waals surface area contributed by atoms with Crippen molar-refractivity contribution in [2.45, 2.75) is 12.5 Å². The van der Waals surface area contributed by atoms with Gasteiger partial charge in [0.1, 0.15) is 0 Å². The van der Waals surface area contributed by atoms with Crippen LogP contribution in [0, 0.1) is 0 Å². The fourth-order valence-electron chi connectivity index (χ4n) is 2.57. The second-order valence-corrected chi connectivity index (χ2v) is 7.15. The average Bonchev–Trinajstić information content (AvgIpc) is 2.67. The largest absolute Gasteiger partial charge is 0.379 e. The van der Waals surface area contributed by atoms with Gasteiger partial charge in [0.05, 0.1) is 19.3 Å². The Bertz CT molecular complexity index is 576. The van der Waals surface area contributed by atoms with Gasteiger partial charge >= 0.3 is 0 Å². The molecule has 1 saturated heterocycles. The number of nitrogens with one attached hydrogen (secondary N) is 2. The Hall–Kier alpha value is -1.61. The lowest BCUT2D eigenvalue weighted by Crippen LogP contribution is -2.41. The standard InChI is InChI=1S/C18H28N4O3S/c1-26-13-6-16(19)18(24)21-15-4-2-14(3-5-15)17(23)20-7-8-22-9-11-25-12-10-22/h2-5,16H,6-13,19H2,1H3,(H,20,23)(H,21,24)/t16-/m0/s1. The second-order valence-electron chi connectivity index (χ2n) is 6.16. The van der Waals surface area contributed by atoms with Gasteiger partial charge in [0.2, 0.25) is 5.91 Å².